The number of aromatic nitrogens is 1. The predicted molar refractivity (Wildman–Crippen MR) is 175 cm³/mol. The highest BCUT2D eigenvalue weighted by atomic mass is 32.2. The number of hydrogen-bond donors (Lipinski definition) is 1. The van der Waals surface area contributed by atoms with Crippen LogP contribution in [0.5, 0.6) is 0 Å². The van der Waals surface area contributed by atoms with Crippen LogP contribution in [0.15, 0.2) is 56.9 Å². The lowest BCUT2D eigenvalue weighted by molar-refractivity contribution is -0.115. The fourth-order valence-corrected chi connectivity index (χ4v) is 6.71. The number of ether oxygens (including phenoxy) is 1. The SMILES string of the molecule is CCCC/C(=N/C1(C)CCC(C)C1)N(C=O)Cc1ccc(-c2ccccc2SNc2noc(C)c2C)c(COC2CC2)c1. The van der Waals surface area contributed by atoms with Crippen molar-refractivity contribution in [2.24, 2.45) is 10.9 Å². The number of hydrogen-bond acceptors (Lipinski definition) is 7. The van der Waals surface area contributed by atoms with Crippen LogP contribution in [-0.2, 0) is 22.7 Å². The van der Waals surface area contributed by atoms with Crippen molar-refractivity contribution < 1.29 is 14.1 Å². The van der Waals surface area contributed by atoms with Crippen molar-refractivity contribution in [3.05, 3.63) is 64.9 Å². The minimum Gasteiger partial charge on any atom is -0.374 e. The van der Waals surface area contributed by atoms with E-state index in [2.05, 4.69) is 67.0 Å². The average molecular weight is 603 g/mol. The van der Waals surface area contributed by atoms with Gasteiger partial charge in [-0.3, -0.25) is 14.7 Å². The summed E-state index contributed by atoms with van der Waals surface area (Å²) in [6, 6.07) is 14.9. The number of aliphatic imine (C=N–C) groups is 1. The Morgan fingerprint density at radius 3 is 2.70 bits per heavy atom. The third kappa shape index (κ3) is 8.09. The maximum Gasteiger partial charge on any atom is 0.215 e. The normalized spacial score (nSPS) is 20.4. The monoisotopic (exact) mass is 602 g/mol. The zero-order chi connectivity index (χ0) is 30.4. The first kappa shape index (κ1) is 31.3. The van der Waals surface area contributed by atoms with Gasteiger partial charge in [0.05, 0.1) is 24.8 Å². The minimum absolute atomic E-state index is 0.0878. The third-order valence-corrected chi connectivity index (χ3v) is 9.56. The first-order valence-electron chi connectivity index (χ1n) is 15.8. The van der Waals surface area contributed by atoms with Crippen LogP contribution < -0.4 is 4.72 Å². The van der Waals surface area contributed by atoms with Gasteiger partial charge in [-0.25, -0.2) is 0 Å². The van der Waals surface area contributed by atoms with Gasteiger partial charge in [-0.2, -0.15) is 0 Å². The van der Waals surface area contributed by atoms with Gasteiger partial charge in [-0.15, -0.1) is 0 Å². The number of amidine groups is 1. The van der Waals surface area contributed by atoms with Gasteiger partial charge in [0, 0.05) is 16.9 Å². The molecule has 1 aromatic heterocycles. The van der Waals surface area contributed by atoms with E-state index in [1.807, 2.05) is 24.8 Å². The van der Waals surface area contributed by atoms with Crippen molar-refractivity contribution in [3.63, 3.8) is 0 Å². The van der Waals surface area contributed by atoms with Crippen molar-refractivity contribution in [2.45, 2.75) is 116 Å². The molecule has 2 aliphatic rings. The Morgan fingerprint density at radius 2 is 2.02 bits per heavy atom. The summed E-state index contributed by atoms with van der Waals surface area (Å²) in [4.78, 5) is 20.7. The Morgan fingerprint density at radius 1 is 1.21 bits per heavy atom. The molecule has 230 valence electrons. The van der Waals surface area contributed by atoms with Gasteiger partial charge in [0.2, 0.25) is 6.41 Å². The molecule has 2 aromatic carbocycles. The second-order valence-electron chi connectivity index (χ2n) is 12.6. The predicted octanol–water partition coefficient (Wildman–Crippen LogP) is 8.88. The third-order valence-electron chi connectivity index (χ3n) is 8.69. The van der Waals surface area contributed by atoms with E-state index in [9.17, 15) is 4.79 Å². The highest BCUT2D eigenvalue weighted by Crippen LogP contribution is 2.38. The molecule has 2 unspecified atom stereocenters. The Bertz CT molecular complexity index is 1430. The van der Waals surface area contributed by atoms with Crippen LogP contribution in [-0.4, -0.2) is 33.9 Å². The molecule has 0 radical (unpaired) electrons. The molecule has 43 heavy (non-hydrogen) atoms. The molecule has 8 heteroatoms. The van der Waals surface area contributed by atoms with E-state index in [-0.39, 0.29) is 5.54 Å². The fourth-order valence-electron chi connectivity index (χ4n) is 5.87. The van der Waals surface area contributed by atoms with Crippen LogP contribution in [0.3, 0.4) is 0 Å². The van der Waals surface area contributed by atoms with E-state index in [1.54, 1.807) is 0 Å². The van der Waals surface area contributed by atoms with Gasteiger partial charge < -0.3 is 14.0 Å². The average Bonchev–Trinajstić information content (AvgIpc) is 3.70. The molecule has 0 saturated heterocycles. The lowest BCUT2D eigenvalue weighted by atomic mass is 9.97. The Balaban J connectivity index is 1.42. The van der Waals surface area contributed by atoms with E-state index in [0.717, 1.165) is 101 Å². The number of rotatable bonds is 14. The molecule has 0 bridgehead atoms. The Labute approximate surface area is 261 Å². The number of benzene rings is 2. The molecular formula is C35H46N4O3S. The highest BCUT2D eigenvalue weighted by Gasteiger charge is 2.33. The lowest BCUT2D eigenvalue weighted by Crippen LogP contribution is -2.33. The van der Waals surface area contributed by atoms with Gasteiger partial charge in [-0.05, 0) is 105 Å². The largest absolute Gasteiger partial charge is 0.374 e. The molecule has 1 amide bonds. The number of carbonyl (C=O) groups is 1. The van der Waals surface area contributed by atoms with E-state index < -0.39 is 0 Å². The van der Waals surface area contributed by atoms with E-state index in [4.69, 9.17) is 14.3 Å². The maximum atomic E-state index is 12.5. The smallest absolute Gasteiger partial charge is 0.215 e. The summed E-state index contributed by atoms with van der Waals surface area (Å²) in [6.07, 6.45) is 9.81. The van der Waals surface area contributed by atoms with Crippen LogP contribution in [0.4, 0.5) is 5.82 Å². The van der Waals surface area contributed by atoms with Gasteiger partial charge in [0.15, 0.2) is 5.82 Å². The summed E-state index contributed by atoms with van der Waals surface area (Å²) in [5.74, 6) is 3.14. The molecule has 3 aromatic rings. The molecule has 0 aliphatic heterocycles. The molecule has 7 nitrogen and oxygen atoms in total. The zero-order valence-electron chi connectivity index (χ0n) is 26.3. The summed E-state index contributed by atoms with van der Waals surface area (Å²) < 4.78 is 14.9. The number of anilines is 1. The second kappa shape index (κ2) is 14.1. The van der Waals surface area contributed by atoms with Gasteiger partial charge in [0.25, 0.3) is 0 Å². The molecule has 0 spiro atoms. The first-order chi connectivity index (χ1) is 20.8. The van der Waals surface area contributed by atoms with Gasteiger partial charge >= 0.3 is 0 Å². The van der Waals surface area contributed by atoms with E-state index in [1.165, 1.54) is 18.4 Å². The quantitative estimate of drug-likeness (QED) is 0.0859. The van der Waals surface area contributed by atoms with Crippen molar-refractivity contribution in [2.75, 3.05) is 4.72 Å². The summed E-state index contributed by atoms with van der Waals surface area (Å²) in [5.41, 5.74) is 5.38. The van der Waals surface area contributed by atoms with Crippen LogP contribution in [0.2, 0.25) is 0 Å². The zero-order valence-corrected chi connectivity index (χ0v) is 27.1. The standard InChI is InChI=1S/C35H46N4O3S/c1-6-7-12-33(36-35(5)18-17-24(2)20-35)39(23-40)21-27-13-16-30(28(19-27)22-41-29-14-15-29)31-10-8-9-11-32(31)43-38-34-25(3)26(4)42-37-34/h8-11,13,16,19,23-24,29H,6-7,12,14-15,17-18,20-22H2,1-5H3,(H,37,38)/b36-33-. The number of unbranched alkanes of at least 4 members (excludes halogenated alkanes) is 1. The summed E-state index contributed by atoms with van der Waals surface area (Å²) in [5, 5.41) is 4.16. The molecular weight excluding hydrogens is 556 g/mol. The van der Waals surface area contributed by atoms with Crippen LogP contribution >= 0.6 is 11.9 Å². The van der Waals surface area contributed by atoms with Crippen LogP contribution in [0.1, 0.15) is 94.6 Å². The summed E-state index contributed by atoms with van der Waals surface area (Å²) in [6.45, 7) is 11.7. The number of aryl methyl sites for hydroxylation is 1. The molecule has 1 heterocycles. The lowest BCUT2D eigenvalue weighted by Gasteiger charge is -2.26. The highest BCUT2D eigenvalue weighted by molar-refractivity contribution is 8.00. The Hall–Kier alpha value is -3.10. The fraction of sp³-hybridized carbons (Fsp3) is 0.514. The number of nitrogens with one attached hydrogen (secondary N) is 1. The minimum atomic E-state index is -0.0878. The number of amides is 1. The molecule has 2 atom stereocenters. The summed E-state index contributed by atoms with van der Waals surface area (Å²) >= 11 is 1.53. The molecule has 1 N–H and O–H groups in total. The maximum absolute atomic E-state index is 12.5. The van der Waals surface area contributed by atoms with Gasteiger partial charge in [0.1, 0.15) is 11.6 Å². The number of nitrogens with zero attached hydrogens (tertiary/aromatic N) is 3. The Kier molecular flexibility index (Phi) is 10.3. The van der Waals surface area contributed by atoms with Crippen molar-refractivity contribution >= 4 is 30.0 Å². The first-order valence-corrected chi connectivity index (χ1v) is 16.6. The topological polar surface area (TPSA) is 80.0 Å². The molecule has 2 saturated carbocycles. The molecule has 2 fully saturated rings. The van der Waals surface area contributed by atoms with E-state index in [0.29, 0.717) is 25.2 Å². The van der Waals surface area contributed by atoms with Crippen molar-refractivity contribution in [1.82, 2.24) is 10.1 Å². The van der Waals surface area contributed by atoms with Gasteiger partial charge in [-0.1, -0.05) is 61.8 Å². The van der Waals surface area contributed by atoms with E-state index >= 15 is 0 Å². The van der Waals surface area contributed by atoms with Crippen molar-refractivity contribution in [1.29, 1.82) is 0 Å². The second-order valence-corrected chi connectivity index (χ2v) is 13.5. The van der Waals surface area contributed by atoms with Crippen LogP contribution in [0.25, 0.3) is 11.1 Å². The van der Waals surface area contributed by atoms with Crippen molar-refractivity contribution in [3.8, 4) is 11.1 Å². The summed E-state index contributed by atoms with van der Waals surface area (Å²) in [7, 11) is 0. The molecule has 2 aliphatic carbocycles. The van der Waals surface area contributed by atoms with Crippen LogP contribution in [0, 0.1) is 19.8 Å². The number of carbonyl (C=O) groups excluding carboxylic acids is 1. The molecule has 5 rings (SSSR count).